The van der Waals surface area contributed by atoms with Crippen molar-refractivity contribution in [2.75, 3.05) is 29.9 Å². The largest absolute Gasteiger partial charge is 0.371 e. The van der Waals surface area contributed by atoms with Crippen LogP contribution in [0.25, 0.3) is 0 Å². The molecule has 156 valence electrons. The zero-order chi connectivity index (χ0) is 20.5. The number of rotatable bonds is 10. The number of amides is 2. The molecule has 2 N–H and O–H groups in total. The molecule has 0 aromatic heterocycles. The minimum absolute atomic E-state index is 0.0245. The van der Waals surface area contributed by atoms with Crippen LogP contribution in [0.4, 0.5) is 11.4 Å². The van der Waals surface area contributed by atoms with Gasteiger partial charge in [0.15, 0.2) is 0 Å². The number of unbranched alkanes of at least 4 members (excludes halogenated alkanes) is 1. The lowest BCUT2D eigenvalue weighted by atomic mass is 9.98. The van der Waals surface area contributed by atoms with Crippen LogP contribution in [0.5, 0.6) is 0 Å². The molecule has 1 saturated heterocycles. The molecule has 28 heavy (non-hydrogen) atoms. The Bertz CT molecular complexity index is 651. The van der Waals surface area contributed by atoms with Gasteiger partial charge in [-0.3, -0.25) is 9.59 Å². The summed E-state index contributed by atoms with van der Waals surface area (Å²) in [4.78, 5) is 27.8. The Labute approximate surface area is 170 Å². The van der Waals surface area contributed by atoms with Gasteiger partial charge < -0.3 is 15.5 Å². The Morgan fingerprint density at radius 2 is 1.86 bits per heavy atom. The predicted molar refractivity (Wildman–Crippen MR) is 117 cm³/mol. The normalized spacial score (nSPS) is 15.0. The van der Waals surface area contributed by atoms with Crippen LogP contribution in [0.2, 0.25) is 0 Å². The maximum absolute atomic E-state index is 12.8. The second kappa shape index (κ2) is 11.1. The van der Waals surface area contributed by atoms with E-state index in [2.05, 4.69) is 43.2 Å². The molecule has 0 bridgehead atoms. The molecule has 2 rings (SSSR count). The van der Waals surface area contributed by atoms with Crippen LogP contribution in [-0.4, -0.2) is 31.4 Å². The van der Waals surface area contributed by atoms with E-state index in [9.17, 15) is 9.59 Å². The molecule has 0 spiro atoms. The fourth-order valence-corrected chi connectivity index (χ4v) is 3.64. The quantitative estimate of drug-likeness (QED) is 0.604. The molecule has 1 aliphatic rings. The maximum Gasteiger partial charge on any atom is 0.253 e. The number of nitrogens with one attached hydrogen (secondary N) is 2. The molecule has 1 aromatic rings. The van der Waals surface area contributed by atoms with Crippen molar-refractivity contribution in [1.82, 2.24) is 5.32 Å². The Morgan fingerprint density at radius 1 is 1.14 bits per heavy atom. The Kier molecular flexibility index (Phi) is 8.81. The van der Waals surface area contributed by atoms with Crippen LogP contribution in [0.15, 0.2) is 18.2 Å². The van der Waals surface area contributed by atoms with E-state index in [1.807, 2.05) is 18.2 Å². The lowest BCUT2D eigenvalue weighted by molar-refractivity contribution is -0.120. The summed E-state index contributed by atoms with van der Waals surface area (Å²) < 4.78 is 0. The first-order valence-electron chi connectivity index (χ1n) is 10.9. The fraction of sp³-hybridized carbons (Fsp3) is 0.652. The highest BCUT2D eigenvalue weighted by Gasteiger charge is 2.22. The molecule has 1 unspecified atom stereocenters. The first-order valence-corrected chi connectivity index (χ1v) is 10.9. The van der Waals surface area contributed by atoms with Crippen molar-refractivity contribution in [2.24, 2.45) is 11.8 Å². The second-order valence-electron chi connectivity index (χ2n) is 8.27. The summed E-state index contributed by atoms with van der Waals surface area (Å²) in [5.41, 5.74) is 2.33. The second-order valence-corrected chi connectivity index (χ2v) is 8.27. The average molecular weight is 388 g/mol. The van der Waals surface area contributed by atoms with Crippen molar-refractivity contribution in [3.8, 4) is 0 Å². The molecule has 1 atom stereocenters. The maximum atomic E-state index is 12.8. The van der Waals surface area contributed by atoms with E-state index >= 15 is 0 Å². The number of hydrogen-bond donors (Lipinski definition) is 2. The van der Waals surface area contributed by atoms with E-state index in [4.69, 9.17) is 0 Å². The molecule has 0 saturated carbocycles. The Morgan fingerprint density at radius 3 is 2.46 bits per heavy atom. The van der Waals surface area contributed by atoms with Gasteiger partial charge in [-0.2, -0.15) is 0 Å². The van der Waals surface area contributed by atoms with Gasteiger partial charge in [-0.1, -0.05) is 40.5 Å². The Hall–Kier alpha value is -2.04. The highest BCUT2D eigenvalue weighted by atomic mass is 16.2. The van der Waals surface area contributed by atoms with E-state index in [0.717, 1.165) is 57.3 Å². The first kappa shape index (κ1) is 22.3. The van der Waals surface area contributed by atoms with Gasteiger partial charge in [0, 0.05) is 36.9 Å². The van der Waals surface area contributed by atoms with Gasteiger partial charge >= 0.3 is 0 Å². The van der Waals surface area contributed by atoms with Gasteiger partial charge in [0.1, 0.15) is 0 Å². The summed E-state index contributed by atoms with van der Waals surface area (Å²) in [5.74, 6) is 0.408. The van der Waals surface area contributed by atoms with Crippen molar-refractivity contribution in [2.45, 2.75) is 66.2 Å². The highest BCUT2D eigenvalue weighted by Crippen LogP contribution is 2.28. The third-order valence-corrected chi connectivity index (χ3v) is 5.40. The zero-order valence-electron chi connectivity index (χ0n) is 18.0. The minimum Gasteiger partial charge on any atom is -0.371 e. The lowest BCUT2D eigenvalue weighted by Gasteiger charge is -2.22. The number of benzene rings is 1. The third kappa shape index (κ3) is 6.25. The summed E-state index contributed by atoms with van der Waals surface area (Å²) in [6, 6.07) is 5.75. The van der Waals surface area contributed by atoms with Crippen molar-refractivity contribution in [3.05, 3.63) is 23.8 Å². The number of hydrogen-bond acceptors (Lipinski definition) is 3. The molecule has 1 heterocycles. The lowest BCUT2D eigenvalue weighted by Crippen LogP contribution is -2.30. The van der Waals surface area contributed by atoms with Gasteiger partial charge in [0.25, 0.3) is 5.91 Å². The van der Waals surface area contributed by atoms with Crippen LogP contribution in [-0.2, 0) is 4.79 Å². The van der Waals surface area contributed by atoms with Crippen molar-refractivity contribution in [3.63, 3.8) is 0 Å². The molecule has 0 radical (unpaired) electrons. The smallest absolute Gasteiger partial charge is 0.253 e. The van der Waals surface area contributed by atoms with Crippen molar-refractivity contribution < 1.29 is 9.59 Å². The Balaban J connectivity index is 2.20. The van der Waals surface area contributed by atoms with Crippen LogP contribution < -0.4 is 15.5 Å². The van der Waals surface area contributed by atoms with Crippen LogP contribution in [0, 0.1) is 11.8 Å². The SMILES string of the molecule is CCCCC(CC)C(=O)Nc1ccc(N2CCCC2)c(C(=O)NCC(C)C)c1. The van der Waals surface area contributed by atoms with Gasteiger partial charge in [-0.25, -0.2) is 0 Å². The third-order valence-electron chi connectivity index (χ3n) is 5.40. The highest BCUT2D eigenvalue weighted by molar-refractivity contribution is 6.02. The van der Waals surface area contributed by atoms with Crippen LogP contribution in [0.1, 0.15) is 76.6 Å². The molecule has 5 nitrogen and oxygen atoms in total. The molecule has 5 heteroatoms. The van der Waals surface area contributed by atoms with Crippen LogP contribution in [0.3, 0.4) is 0 Å². The fourth-order valence-electron chi connectivity index (χ4n) is 3.64. The number of carbonyl (C=O) groups excluding carboxylic acids is 2. The topological polar surface area (TPSA) is 61.4 Å². The molecule has 0 aliphatic carbocycles. The first-order chi connectivity index (χ1) is 13.5. The van der Waals surface area contributed by atoms with Crippen molar-refractivity contribution >= 4 is 23.2 Å². The molecular weight excluding hydrogens is 350 g/mol. The monoisotopic (exact) mass is 387 g/mol. The number of nitrogens with zero attached hydrogens (tertiary/aromatic N) is 1. The molecule has 1 aromatic carbocycles. The molecule has 2 amide bonds. The van der Waals surface area contributed by atoms with E-state index in [-0.39, 0.29) is 17.7 Å². The molecule has 1 aliphatic heterocycles. The summed E-state index contributed by atoms with van der Waals surface area (Å²) in [5, 5.41) is 6.07. The van der Waals surface area contributed by atoms with E-state index in [0.29, 0.717) is 23.7 Å². The average Bonchev–Trinajstić information content (AvgIpc) is 3.21. The predicted octanol–water partition coefficient (Wildman–Crippen LogP) is 4.83. The van der Waals surface area contributed by atoms with Gasteiger partial charge in [0.05, 0.1) is 5.56 Å². The van der Waals surface area contributed by atoms with Gasteiger partial charge in [-0.15, -0.1) is 0 Å². The zero-order valence-corrected chi connectivity index (χ0v) is 18.0. The van der Waals surface area contributed by atoms with Gasteiger partial charge in [0.2, 0.25) is 5.91 Å². The minimum atomic E-state index is -0.0651. The van der Waals surface area contributed by atoms with Crippen LogP contribution >= 0.6 is 0 Å². The molecule has 1 fully saturated rings. The summed E-state index contributed by atoms with van der Waals surface area (Å²) in [7, 11) is 0. The van der Waals surface area contributed by atoms with Crippen molar-refractivity contribution in [1.29, 1.82) is 0 Å². The summed E-state index contributed by atoms with van der Waals surface area (Å²) in [6.07, 6.45) is 6.20. The molecular formula is C23H37N3O2. The summed E-state index contributed by atoms with van der Waals surface area (Å²) >= 11 is 0. The summed E-state index contributed by atoms with van der Waals surface area (Å²) in [6.45, 7) is 11.0. The number of carbonyl (C=O) groups is 2. The number of anilines is 2. The van der Waals surface area contributed by atoms with E-state index in [1.54, 1.807) is 0 Å². The van der Waals surface area contributed by atoms with Gasteiger partial charge in [-0.05, 0) is 49.8 Å². The van der Waals surface area contributed by atoms with E-state index in [1.165, 1.54) is 0 Å². The van der Waals surface area contributed by atoms with E-state index < -0.39 is 0 Å². The standard InChI is InChI=1S/C23H37N3O2/c1-5-7-10-18(6-2)22(27)25-19-11-12-21(26-13-8-9-14-26)20(15-19)23(28)24-16-17(3)4/h11-12,15,17-18H,5-10,13-14,16H2,1-4H3,(H,24,28)(H,25,27).